The quantitative estimate of drug-likeness (QED) is 0.320. The van der Waals surface area contributed by atoms with Crippen LogP contribution < -0.4 is 19.5 Å². The number of likely N-dealkylation sites (tertiary alicyclic amines) is 1. The molecule has 0 saturated carbocycles. The van der Waals surface area contributed by atoms with Crippen molar-refractivity contribution in [3.05, 3.63) is 89.5 Å². The predicted octanol–water partition coefficient (Wildman–Crippen LogP) is 3.10. The number of amides is 2. The zero-order valence-corrected chi connectivity index (χ0v) is 26.2. The van der Waals surface area contributed by atoms with E-state index in [1.807, 2.05) is 71.6 Å². The summed E-state index contributed by atoms with van der Waals surface area (Å²) in [6, 6.07) is 23.1. The first kappa shape index (κ1) is 34.3. The van der Waals surface area contributed by atoms with Gasteiger partial charge in [-0.2, -0.15) is 0 Å². The Hall–Kier alpha value is -4.61. The minimum absolute atomic E-state index is 0.00138. The third-order valence-electron chi connectivity index (χ3n) is 8.01. The van der Waals surface area contributed by atoms with Crippen molar-refractivity contribution in [2.45, 2.75) is 37.8 Å². The van der Waals surface area contributed by atoms with E-state index in [9.17, 15) is 9.59 Å². The molecule has 46 heavy (non-hydrogen) atoms. The van der Waals surface area contributed by atoms with Gasteiger partial charge in [-0.05, 0) is 60.8 Å². The molecule has 2 bridgehead atoms. The van der Waals surface area contributed by atoms with Crippen molar-refractivity contribution >= 4 is 18.3 Å². The Bertz CT molecular complexity index is 1430. The van der Waals surface area contributed by atoms with E-state index >= 15 is 0 Å². The molecule has 0 aliphatic carbocycles. The first-order valence-corrected chi connectivity index (χ1v) is 15.5. The van der Waals surface area contributed by atoms with Gasteiger partial charge >= 0.3 is 0 Å². The third-order valence-corrected chi connectivity index (χ3v) is 8.01. The fourth-order valence-electron chi connectivity index (χ4n) is 5.90. The lowest BCUT2D eigenvalue weighted by Crippen LogP contribution is -2.45. The number of rotatable bonds is 8. The lowest BCUT2D eigenvalue weighted by Gasteiger charge is -2.26. The second-order valence-corrected chi connectivity index (χ2v) is 11.2. The van der Waals surface area contributed by atoms with Gasteiger partial charge in [-0.25, -0.2) is 0 Å². The van der Waals surface area contributed by atoms with Gasteiger partial charge in [-0.3, -0.25) is 19.3 Å². The predicted molar refractivity (Wildman–Crippen MR) is 172 cm³/mol. The van der Waals surface area contributed by atoms with Gasteiger partial charge in [0.05, 0.1) is 39.3 Å². The lowest BCUT2D eigenvalue weighted by atomic mass is 9.94. The Morgan fingerprint density at radius 3 is 2.67 bits per heavy atom. The average Bonchev–Trinajstić information content (AvgIpc) is 3.48. The van der Waals surface area contributed by atoms with Gasteiger partial charge in [0.15, 0.2) is 0 Å². The average molecular weight is 634 g/mol. The summed E-state index contributed by atoms with van der Waals surface area (Å²) in [6.07, 6.45) is 1.97. The molecule has 5 rings (SSSR count). The van der Waals surface area contributed by atoms with Crippen LogP contribution in [0.15, 0.2) is 72.8 Å². The molecule has 2 aliphatic rings. The molecule has 1 fully saturated rings. The number of hydrogen-bond acceptors (Lipinski definition) is 8. The molecule has 3 aromatic carbocycles. The van der Waals surface area contributed by atoms with Crippen LogP contribution in [-0.2, 0) is 27.3 Å². The van der Waals surface area contributed by atoms with Gasteiger partial charge in [0.1, 0.15) is 23.9 Å². The van der Waals surface area contributed by atoms with E-state index in [0.717, 1.165) is 41.8 Å². The molecule has 2 amide bonds. The Morgan fingerprint density at radius 2 is 1.87 bits per heavy atom. The standard InChI is InChI=1S/C34H41N3O6.CH2O2/c1-41-32-13-3-2-9-27(32)20-34(40)37-22-30-26-10-7-12-29(19-26)42-16-5-4-14-36(24-33(39)35-31(30)23-37)21-25-8-6-11-28(18-25)43-17-15-38;2-1-3/h2-3,6-13,18-19,30-31,38H,4-5,14-17,20-24H2,1H3,(H,35,39);1H,(H,2,3)/t30-,31+;/m1./s1. The number of aliphatic hydroxyl groups excluding tert-OH is 1. The minimum Gasteiger partial charge on any atom is -0.496 e. The van der Waals surface area contributed by atoms with E-state index in [2.05, 4.69) is 16.3 Å². The zero-order valence-electron chi connectivity index (χ0n) is 26.2. The Balaban J connectivity index is 0.00000154. The van der Waals surface area contributed by atoms with E-state index in [-0.39, 0.29) is 56.4 Å². The van der Waals surface area contributed by atoms with Gasteiger partial charge in [0.2, 0.25) is 11.8 Å². The fraction of sp³-hybridized carbons (Fsp3) is 0.400. The van der Waals surface area contributed by atoms with Gasteiger partial charge in [-0.15, -0.1) is 0 Å². The van der Waals surface area contributed by atoms with Crippen LogP contribution in [-0.4, -0.2) is 97.5 Å². The maximum Gasteiger partial charge on any atom is 0.290 e. The highest BCUT2D eigenvalue weighted by Gasteiger charge is 2.37. The number of methoxy groups -OCH3 is 1. The third kappa shape index (κ3) is 9.95. The number of hydrogen-bond donors (Lipinski definition) is 3. The molecule has 3 N–H and O–H groups in total. The first-order chi connectivity index (χ1) is 22.4. The van der Waals surface area contributed by atoms with E-state index in [1.54, 1.807) is 7.11 Å². The van der Waals surface area contributed by atoms with E-state index in [0.29, 0.717) is 37.7 Å². The second kappa shape index (κ2) is 17.8. The highest BCUT2D eigenvalue weighted by molar-refractivity contribution is 5.81. The molecule has 246 valence electrons. The van der Waals surface area contributed by atoms with Crippen molar-refractivity contribution in [1.82, 2.24) is 15.1 Å². The zero-order chi connectivity index (χ0) is 32.7. The van der Waals surface area contributed by atoms with Crippen LogP contribution in [0.2, 0.25) is 0 Å². The van der Waals surface area contributed by atoms with Crippen molar-refractivity contribution < 1.29 is 38.8 Å². The highest BCUT2D eigenvalue weighted by atomic mass is 16.5. The number of para-hydroxylation sites is 1. The molecule has 0 spiro atoms. The summed E-state index contributed by atoms with van der Waals surface area (Å²) in [5.74, 6) is 2.06. The summed E-state index contributed by atoms with van der Waals surface area (Å²) in [5, 5.41) is 19.3. The van der Waals surface area contributed by atoms with Gasteiger partial charge < -0.3 is 34.6 Å². The molecule has 3 aromatic rings. The molecule has 11 nitrogen and oxygen atoms in total. The fourth-order valence-corrected chi connectivity index (χ4v) is 5.90. The number of benzene rings is 3. The number of ether oxygens (including phenoxy) is 3. The Morgan fingerprint density at radius 1 is 1.07 bits per heavy atom. The number of fused-ring (bicyclic) bond motifs is 4. The maximum atomic E-state index is 13.5. The number of carboxylic acid groups (broad SMARTS) is 1. The highest BCUT2D eigenvalue weighted by Crippen LogP contribution is 2.31. The van der Waals surface area contributed by atoms with Crippen LogP contribution in [0.5, 0.6) is 17.2 Å². The van der Waals surface area contributed by atoms with Gasteiger partial charge in [0.25, 0.3) is 6.47 Å². The summed E-state index contributed by atoms with van der Waals surface area (Å²) in [6.45, 7) is 3.02. The van der Waals surface area contributed by atoms with Crippen LogP contribution in [0.3, 0.4) is 0 Å². The SMILES string of the molecule is COc1ccccc1CC(=O)N1C[C@@H]2NC(=O)CN(Cc3cccc(OCCO)c3)CCCCOc3cccc(c3)[C@H]2C1.O=CO. The van der Waals surface area contributed by atoms with Gasteiger partial charge in [0, 0.05) is 31.1 Å². The number of nitrogens with one attached hydrogen (secondary N) is 1. The molecular weight excluding hydrogens is 590 g/mol. The monoisotopic (exact) mass is 633 g/mol. The van der Waals surface area contributed by atoms with Crippen LogP contribution >= 0.6 is 0 Å². The molecule has 11 heteroatoms. The molecule has 1 saturated heterocycles. The topological polar surface area (TPSA) is 138 Å². The van der Waals surface area contributed by atoms with Crippen molar-refractivity contribution in [1.29, 1.82) is 0 Å². The lowest BCUT2D eigenvalue weighted by molar-refractivity contribution is -0.130. The van der Waals surface area contributed by atoms with Crippen molar-refractivity contribution in [3.63, 3.8) is 0 Å². The number of aliphatic hydroxyl groups is 1. The van der Waals surface area contributed by atoms with Crippen LogP contribution in [0, 0.1) is 0 Å². The number of nitrogens with zero attached hydrogens (tertiary/aromatic N) is 2. The van der Waals surface area contributed by atoms with Crippen molar-refractivity contribution in [2.24, 2.45) is 0 Å². The van der Waals surface area contributed by atoms with Crippen LogP contribution in [0.4, 0.5) is 0 Å². The van der Waals surface area contributed by atoms with Crippen molar-refractivity contribution in [3.8, 4) is 17.2 Å². The molecule has 2 atom stereocenters. The second-order valence-electron chi connectivity index (χ2n) is 11.2. The molecule has 0 unspecified atom stereocenters. The van der Waals surface area contributed by atoms with Gasteiger partial charge in [-0.1, -0.05) is 42.5 Å². The summed E-state index contributed by atoms with van der Waals surface area (Å²) < 4.78 is 17.2. The van der Waals surface area contributed by atoms with E-state index in [1.165, 1.54) is 0 Å². The Kier molecular flexibility index (Phi) is 13.2. The normalized spacial score (nSPS) is 18.5. The Labute approximate surface area is 269 Å². The summed E-state index contributed by atoms with van der Waals surface area (Å²) in [4.78, 5) is 39.4. The van der Waals surface area contributed by atoms with E-state index < -0.39 is 0 Å². The van der Waals surface area contributed by atoms with Crippen LogP contribution in [0.25, 0.3) is 0 Å². The maximum absolute atomic E-state index is 13.5. The smallest absolute Gasteiger partial charge is 0.290 e. The summed E-state index contributed by atoms with van der Waals surface area (Å²) >= 11 is 0. The molecule has 0 radical (unpaired) electrons. The van der Waals surface area contributed by atoms with Crippen molar-refractivity contribution in [2.75, 3.05) is 53.1 Å². The molecular formula is C35H43N3O8. The number of carbonyl (C=O) groups is 3. The summed E-state index contributed by atoms with van der Waals surface area (Å²) in [7, 11) is 1.61. The molecule has 2 aliphatic heterocycles. The summed E-state index contributed by atoms with van der Waals surface area (Å²) in [5.41, 5.74) is 2.92. The molecule has 0 aromatic heterocycles. The van der Waals surface area contributed by atoms with Crippen LogP contribution in [0.1, 0.15) is 35.4 Å². The number of carbonyl (C=O) groups excluding carboxylic acids is 2. The first-order valence-electron chi connectivity index (χ1n) is 15.5. The largest absolute Gasteiger partial charge is 0.496 e. The molecule has 2 heterocycles. The minimum atomic E-state index is -0.250. The van der Waals surface area contributed by atoms with E-state index in [4.69, 9.17) is 29.2 Å².